The molecular weight excluding hydrogens is 246 g/mol. The molecule has 0 saturated carbocycles. The molecule has 0 aliphatic carbocycles. The third-order valence-electron chi connectivity index (χ3n) is 3.58. The van der Waals surface area contributed by atoms with Gasteiger partial charge in [-0.25, -0.2) is 0 Å². The summed E-state index contributed by atoms with van der Waals surface area (Å²) in [7, 11) is 0. The summed E-state index contributed by atoms with van der Waals surface area (Å²) in [6.45, 7) is 4.41. The summed E-state index contributed by atoms with van der Waals surface area (Å²) < 4.78 is 0. The van der Waals surface area contributed by atoms with Crippen molar-refractivity contribution in [2.75, 3.05) is 18.0 Å². The molecule has 2 heterocycles. The van der Waals surface area contributed by atoms with Gasteiger partial charge in [0.2, 0.25) is 0 Å². The zero-order chi connectivity index (χ0) is 12.5. The first-order chi connectivity index (χ1) is 8.75. The van der Waals surface area contributed by atoms with Gasteiger partial charge in [-0.3, -0.25) is 0 Å². The third kappa shape index (κ3) is 2.03. The molecule has 2 aromatic rings. The fourth-order valence-electron chi connectivity index (χ4n) is 2.67. The Labute approximate surface area is 112 Å². The van der Waals surface area contributed by atoms with Crippen molar-refractivity contribution in [3.05, 3.63) is 29.4 Å². The molecule has 1 unspecified atom stereocenters. The summed E-state index contributed by atoms with van der Waals surface area (Å²) in [4.78, 5) is 2.33. The van der Waals surface area contributed by atoms with E-state index in [0.29, 0.717) is 5.15 Å². The fourth-order valence-corrected chi connectivity index (χ4v) is 2.87. The zero-order valence-electron chi connectivity index (χ0n) is 10.4. The number of aromatic nitrogens is 2. The summed E-state index contributed by atoms with van der Waals surface area (Å²) in [5.74, 6) is 1.69. The molecule has 0 N–H and O–H groups in total. The summed E-state index contributed by atoms with van der Waals surface area (Å²) in [6, 6.07) is 8.09. The van der Waals surface area contributed by atoms with Gasteiger partial charge >= 0.3 is 0 Å². The van der Waals surface area contributed by atoms with Crippen LogP contribution in [0.25, 0.3) is 10.8 Å². The van der Waals surface area contributed by atoms with Crippen molar-refractivity contribution < 1.29 is 0 Å². The number of rotatable bonds is 1. The van der Waals surface area contributed by atoms with E-state index in [1.165, 1.54) is 12.8 Å². The van der Waals surface area contributed by atoms with E-state index in [2.05, 4.69) is 28.1 Å². The first-order valence-corrected chi connectivity index (χ1v) is 6.79. The lowest BCUT2D eigenvalue weighted by Crippen LogP contribution is -2.35. The van der Waals surface area contributed by atoms with Gasteiger partial charge in [0.15, 0.2) is 11.0 Å². The van der Waals surface area contributed by atoms with Crippen LogP contribution < -0.4 is 4.90 Å². The van der Waals surface area contributed by atoms with Gasteiger partial charge in [-0.15, -0.1) is 10.2 Å². The normalized spacial score (nSPS) is 20.3. The first-order valence-electron chi connectivity index (χ1n) is 6.41. The van der Waals surface area contributed by atoms with Crippen LogP contribution in [0.1, 0.15) is 19.8 Å². The lowest BCUT2D eigenvalue weighted by molar-refractivity contribution is 0.444. The standard InChI is InChI=1S/C14H16ClN3/c1-10-5-4-8-18(9-10)14-12-7-3-2-6-11(12)13(15)16-17-14/h2-3,6-7,10H,4-5,8-9H2,1H3. The van der Waals surface area contributed by atoms with E-state index in [0.717, 1.165) is 35.6 Å². The lowest BCUT2D eigenvalue weighted by atomic mass is 10.00. The molecular formula is C14H16ClN3. The zero-order valence-corrected chi connectivity index (χ0v) is 11.2. The first kappa shape index (κ1) is 11.7. The Hall–Kier alpha value is -1.35. The molecule has 1 aromatic heterocycles. The van der Waals surface area contributed by atoms with E-state index in [-0.39, 0.29) is 0 Å². The Balaban J connectivity index is 2.09. The third-order valence-corrected chi connectivity index (χ3v) is 3.86. The van der Waals surface area contributed by atoms with Gasteiger partial charge in [0.25, 0.3) is 0 Å². The molecule has 1 aromatic carbocycles. The van der Waals surface area contributed by atoms with Gasteiger partial charge in [0, 0.05) is 23.9 Å². The van der Waals surface area contributed by atoms with E-state index >= 15 is 0 Å². The largest absolute Gasteiger partial charge is 0.354 e. The average Bonchev–Trinajstić information content (AvgIpc) is 2.39. The molecule has 1 aliphatic rings. The molecule has 1 atom stereocenters. The van der Waals surface area contributed by atoms with Crippen LogP contribution in [-0.4, -0.2) is 23.3 Å². The Morgan fingerprint density at radius 1 is 1.22 bits per heavy atom. The van der Waals surface area contributed by atoms with Gasteiger partial charge in [-0.05, 0) is 18.8 Å². The van der Waals surface area contributed by atoms with Crippen molar-refractivity contribution in [2.45, 2.75) is 19.8 Å². The van der Waals surface area contributed by atoms with Crippen molar-refractivity contribution >= 4 is 28.2 Å². The van der Waals surface area contributed by atoms with Gasteiger partial charge in [0.05, 0.1) is 0 Å². The second kappa shape index (κ2) is 4.73. The molecule has 1 saturated heterocycles. The summed E-state index contributed by atoms with van der Waals surface area (Å²) in [6.07, 6.45) is 2.52. The molecule has 1 aliphatic heterocycles. The summed E-state index contributed by atoms with van der Waals surface area (Å²) >= 11 is 6.10. The minimum atomic E-state index is 0.486. The molecule has 3 nitrogen and oxygen atoms in total. The number of fused-ring (bicyclic) bond motifs is 1. The molecule has 3 rings (SSSR count). The van der Waals surface area contributed by atoms with Crippen LogP contribution in [0.4, 0.5) is 5.82 Å². The van der Waals surface area contributed by atoms with Crippen LogP contribution in [0.3, 0.4) is 0 Å². The molecule has 18 heavy (non-hydrogen) atoms. The van der Waals surface area contributed by atoms with Crippen molar-refractivity contribution in [3.63, 3.8) is 0 Å². The van der Waals surface area contributed by atoms with Gasteiger partial charge in [-0.1, -0.05) is 42.8 Å². The van der Waals surface area contributed by atoms with Crippen LogP contribution in [0, 0.1) is 5.92 Å². The predicted octanol–water partition coefficient (Wildman–Crippen LogP) is 3.52. The molecule has 0 radical (unpaired) electrons. The van der Waals surface area contributed by atoms with E-state index in [1.54, 1.807) is 0 Å². The quantitative estimate of drug-likeness (QED) is 0.787. The lowest BCUT2D eigenvalue weighted by Gasteiger charge is -2.32. The maximum atomic E-state index is 6.10. The van der Waals surface area contributed by atoms with Crippen molar-refractivity contribution in [1.82, 2.24) is 10.2 Å². The monoisotopic (exact) mass is 261 g/mol. The number of hydrogen-bond donors (Lipinski definition) is 0. The minimum absolute atomic E-state index is 0.486. The summed E-state index contributed by atoms with van der Waals surface area (Å²) in [5.41, 5.74) is 0. The minimum Gasteiger partial charge on any atom is -0.354 e. The molecule has 94 valence electrons. The highest BCUT2D eigenvalue weighted by molar-refractivity contribution is 6.34. The highest BCUT2D eigenvalue weighted by Crippen LogP contribution is 2.30. The Morgan fingerprint density at radius 3 is 2.78 bits per heavy atom. The van der Waals surface area contributed by atoms with Gasteiger partial charge in [-0.2, -0.15) is 0 Å². The average molecular weight is 262 g/mol. The molecule has 0 spiro atoms. The van der Waals surface area contributed by atoms with Crippen LogP contribution in [0.15, 0.2) is 24.3 Å². The molecule has 1 fully saturated rings. The highest BCUT2D eigenvalue weighted by Gasteiger charge is 2.20. The number of piperidine rings is 1. The van der Waals surface area contributed by atoms with Crippen LogP contribution >= 0.6 is 11.6 Å². The number of anilines is 1. The molecule has 0 amide bonds. The van der Waals surface area contributed by atoms with Crippen LogP contribution in [0.2, 0.25) is 5.15 Å². The van der Waals surface area contributed by atoms with Crippen LogP contribution in [-0.2, 0) is 0 Å². The van der Waals surface area contributed by atoms with Crippen molar-refractivity contribution in [2.24, 2.45) is 5.92 Å². The van der Waals surface area contributed by atoms with Crippen molar-refractivity contribution in [1.29, 1.82) is 0 Å². The van der Waals surface area contributed by atoms with E-state index in [1.807, 2.05) is 18.2 Å². The molecule has 4 heteroatoms. The highest BCUT2D eigenvalue weighted by atomic mass is 35.5. The number of halogens is 1. The SMILES string of the molecule is CC1CCCN(c2nnc(Cl)c3ccccc23)C1. The van der Waals surface area contributed by atoms with E-state index in [9.17, 15) is 0 Å². The smallest absolute Gasteiger partial charge is 0.159 e. The topological polar surface area (TPSA) is 29.0 Å². The Bertz CT molecular complexity index is 570. The Kier molecular flexibility index (Phi) is 3.08. The second-order valence-corrected chi connectivity index (χ2v) is 5.41. The van der Waals surface area contributed by atoms with E-state index in [4.69, 9.17) is 11.6 Å². The maximum Gasteiger partial charge on any atom is 0.159 e. The van der Waals surface area contributed by atoms with Crippen LogP contribution in [0.5, 0.6) is 0 Å². The predicted molar refractivity (Wildman–Crippen MR) is 75.2 cm³/mol. The van der Waals surface area contributed by atoms with Crippen molar-refractivity contribution in [3.8, 4) is 0 Å². The molecule has 0 bridgehead atoms. The van der Waals surface area contributed by atoms with Gasteiger partial charge < -0.3 is 4.90 Å². The Morgan fingerprint density at radius 2 is 2.00 bits per heavy atom. The van der Waals surface area contributed by atoms with Gasteiger partial charge in [0.1, 0.15) is 0 Å². The maximum absolute atomic E-state index is 6.10. The number of hydrogen-bond acceptors (Lipinski definition) is 3. The number of nitrogens with zero attached hydrogens (tertiary/aromatic N) is 3. The van der Waals surface area contributed by atoms with E-state index < -0.39 is 0 Å². The number of benzene rings is 1. The second-order valence-electron chi connectivity index (χ2n) is 5.05. The summed E-state index contributed by atoms with van der Waals surface area (Å²) in [5, 5.41) is 11.0. The fraction of sp³-hybridized carbons (Fsp3) is 0.429.